The standard InChI is InChI=1S/C7H7FN2/c8-7(1-3-9)6-2-4-10-5-6/h1-5,9-10H/b7-1+,9-3?. The first-order valence-corrected chi connectivity index (χ1v) is 2.84. The van der Waals surface area contributed by atoms with Gasteiger partial charge in [0.25, 0.3) is 0 Å². The van der Waals surface area contributed by atoms with E-state index in [-0.39, 0.29) is 0 Å². The van der Waals surface area contributed by atoms with E-state index < -0.39 is 5.83 Å². The van der Waals surface area contributed by atoms with E-state index in [9.17, 15) is 4.39 Å². The van der Waals surface area contributed by atoms with Crippen LogP contribution in [0.3, 0.4) is 0 Å². The van der Waals surface area contributed by atoms with Crippen LogP contribution in [0.15, 0.2) is 24.5 Å². The summed E-state index contributed by atoms with van der Waals surface area (Å²) in [6, 6.07) is 1.61. The van der Waals surface area contributed by atoms with Gasteiger partial charge in [-0.25, -0.2) is 4.39 Å². The molecule has 0 amide bonds. The van der Waals surface area contributed by atoms with E-state index in [4.69, 9.17) is 5.41 Å². The lowest BCUT2D eigenvalue weighted by Gasteiger charge is -1.85. The Labute approximate surface area is 57.9 Å². The maximum absolute atomic E-state index is 12.7. The number of hydrogen-bond donors (Lipinski definition) is 2. The number of halogens is 1. The van der Waals surface area contributed by atoms with Crippen molar-refractivity contribution in [2.75, 3.05) is 0 Å². The molecule has 0 radical (unpaired) electrons. The van der Waals surface area contributed by atoms with Gasteiger partial charge in [-0.05, 0) is 12.1 Å². The van der Waals surface area contributed by atoms with Crippen molar-refractivity contribution in [3.8, 4) is 0 Å². The molecule has 52 valence electrons. The molecule has 1 heterocycles. The number of H-pyrrole nitrogens is 1. The summed E-state index contributed by atoms with van der Waals surface area (Å²) < 4.78 is 12.7. The Hall–Kier alpha value is -1.38. The highest BCUT2D eigenvalue weighted by atomic mass is 19.1. The van der Waals surface area contributed by atoms with E-state index in [1.165, 1.54) is 6.20 Å². The molecule has 2 nitrogen and oxygen atoms in total. The second kappa shape index (κ2) is 2.96. The van der Waals surface area contributed by atoms with Crippen molar-refractivity contribution >= 4 is 12.0 Å². The number of aromatic nitrogens is 1. The predicted octanol–water partition coefficient (Wildman–Crippen LogP) is 1.97. The first kappa shape index (κ1) is 6.74. The minimum absolute atomic E-state index is 0.392. The van der Waals surface area contributed by atoms with E-state index in [0.717, 1.165) is 12.3 Å². The van der Waals surface area contributed by atoms with Crippen LogP contribution in [0.2, 0.25) is 0 Å². The van der Waals surface area contributed by atoms with Gasteiger partial charge in [-0.2, -0.15) is 0 Å². The monoisotopic (exact) mass is 138 g/mol. The SMILES string of the molecule is N=C/C=C(/F)c1cc[nH]c1. The molecule has 0 aliphatic carbocycles. The smallest absolute Gasteiger partial charge is 0.133 e. The molecule has 0 fully saturated rings. The fourth-order valence-corrected chi connectivity index (χ4v) is 0.642. The van der Waals surface area contributed by atoms with Gasteiger partial charge >= 0.3 is 0 Å². The zero-order valence-corrected chi connectivity index (χ0v) is 5.26. The summed E-state index contributed by atoms with van der Waals surface area (Å²) in [5.41, 5.74) is 0.475. The fraction of sp³-hybridized carbons (Fsp3) is 0. The third kappa shape index (κ3) is 1.31. The molecule has 0 unspecified atom stereocenters. The van der Waals surface area contributed by atoms with Crippen molar-refractivity contribution < 1.29 is 4.39 Å². The van der Waals surface area contributed by atoms with Gasteiger partial charge in [0, 0.05) is 24.2 Å². The summed E-state index contributed by atoms with van der Waals surface area (Å²) in [6.45, 7) is 0. The van der Waals surface area contributed by atoms with E-state index in [2.05, 4.69) is 4.98 Å². The van der Waals surface area contributed by atoms with Crippen LogP contribution >= 0.6 is 0 Å². The van der Waals surface area contributed by atoms with Crippen LogP contribution in [0, 0.1) is 5.41 Å². The van der Waals surface area contributed by atoms with Crippen LogP contribution < -0.4 is 0 Å². The molecule has 3 heteroatoms. The average Bonchev–Trinajstić information content (AvgIpc) is 2.38. The van der Waals surface area contributed by atoms with E-state index in [0.29, 0.717) is 5.56 Å². The van der Waals surface area contributed by atoms with Crippen molar-refractivity contribution in [1.82, 2.24) is 4.98 Å². The van der Waals surface area contributed by atoms with Crippen LogP contribution in [0.4, 0.5) is 4.39 Å². The van der Waals surface area contributed by atoms with Gasteiger partial charge in [0.2, 0.25) is 0 Å². The molecule has 0 saturated heterocycles. The molecule has 0 aliphatic heterocycles. The molecular formula is C7H7FN2. The lowest BCUT2D eigenvalue weighted by atomic mass is 10.3. The number of allylic oxidation sites excluding steroid dienone is 1. The number of nitrogens with one attached hydrogen (secondary N) is 2. The summed E-state index contributed by atoms with van der Waals surface area (Å²) >= 11 is 0. The van der Waals surface area contributed by atoms with Gasteiger partial charge in [0.05, 0.1) is 0 Å². The zero-order valence-electron chi connectivity index (χ0n) is 5.26. The van der Waals surface area contributed by atoms with Crippen LogP contribution in [-0.2, 0) is 0 Å². The van der Waals surface area contributed by atoms with E-state index >= 15 is 0 Å². The maximum atomic E-state index is 12.7. The molecule has 1 aromatic rings. The second-order valence-electron chi connectivity index (χ2n) is 1.78. The Kier molecular flexibility index (Phi) is 1.99. The lowest BCUT2D eigenvalue weighted by molar-refractivity contribution is 0.761. The molecule has 0 aromatic carbocycles. The first-order chi connectivity index (χ1) is 4.84. The van der Waals surface area contributed by atoms with Gasteiger partial charge in [0.15, 0.2) is 0 Å². The van der Waals surface area contributed by atoms with Crippen molar-refractivity contribution in [2.45, 2.75) is 0 Å². The summed E-state index contributed by atoms with van der Waals surface area (Å²) in [7, 11) is 0. The zero-order chi connectivity index (χ0) is 7.40. The largest absolute Gasteiger partial charge is 0.367 e. The highest BCUT2D eigenvalue weighted by Crippen LogP contribution is 2.12. The Bertz CT molecular complexity index is 236. The van der Waals surface area contributed by atoms with Gasteiger partial charge in [-0.15, -0.1) is 0 Å². The van der Waals surface area contributed by atoms with Crippen molar-refractivity contribution in [2.24, 2.45) is 0 Å². The van der Waals surface area contributed by atoms with Crippen LogP contribution in [0.1, 0.15) is 5.56 Å². The molecule has 10 heavy (non-hydrogen) atoms. The Morgan fingerprint density at radius 2 is 2.50 bits per heavy atom. The molecule has 0 aliphatic rings. The third-order valence-corrected chi connectivity index (χ3v) is 1.10. The molecular weight excluding hydrogens is 131 g/mol. The normalized spacial score (nSPS) is 11.5. The van der Waals surface area contributed by atoms with Crippen LogP contribution in [-0.4, -0.2) is 11.2 Å². The number of rotatable bonds is 2. The highest BCUT2D eigenvalue weighted by Gasteiger charge is 1.96. The summed E-state index contributed by atoms with van der Waals surface area (Å²) in [5.74, 6) is -0.392. The Balaban J connectivity index is 2.86. The summed E-state index contributed by atoms with van der Waals surface area (Å²) in [4.78, 5) is 2.71. The Morgan fingerprint density at radius 1 is 1.70 bits per heavy atom. The summed E-state index contributed by atoms with van der Waals surface area (Å²) in [6.07, 6.45) is 5.19. The van der Waals surface area contributed by atoms with Crippen LogP contribution in [0.25, 0.3) is 5.83 Å². The maximum Gasteiger partial charge on any atom is 0.133 e. The molecule has 0 saturated carbocycles. The molecule has 0 spiro atoms. The number of aromatic amines is 1. The fourth-order valence-electron chi connectivity index (χ4n) is 0.642. The quantitative estimate of drug-likeness (QED) is 0.586. The van der Waals surface area contributed by atoms with Gasteiger partial charge in [-0.1, -0.05) is 0 Å². The highest BCUT2D eigenvalue weighted by molar-refractivity contribution is 5.79. The average molecular weight is 138 g/mol. The van der Waals surface area contributed by atoms with Gasteiger partial charge < -0.3 is 10.4 Å². The molecule has 1 rings (SSSR count). The van der Waals surface area contributed by atoms with Crippen LogP contribution in [0.5, 0.6) is 0 Å². The first-order valence-electron chi connectivity index (χ1n) is 2.84. The van der Waals surface area contributed by atoms with Crippen molar-refractivity contribution in [1.29, 1.82) is 5.41 Å². The minimum Gasteiger partial charge on any atom is -0.367 e. The predicted molar refractivity (Wildman–Crippen MR) is 38.7 cm³/mol. The van der Waals surface area contributed by atoms with Gasteiger partial charge in [0.1, 0.15) is 5.83 Å². The van der Waals surface area contributed by atoms with Gasteiger partial charge in [-0.3, -0.25) is 0 Å². The molecule has 1 aromatic heterocycles. The second-order valence-corrected chi connectivity index (χ2v) is 1.78. The lowest BCUT2D eigenvalue weighted by Crippen LogP contribution is -1.71. The van der Waals surface area contributed by atoms with E-state index in [1.54, 1.807) is 12.3 Å². The number of hydrogen-bond acceptors (Lipinski definition) is 1. The Morgan fingerprint density at radius 3 is 3.00 bits per heavy atom. The molecule has 2 N–H and O–H groups in total. The van der Waals surface area contributed by atoms with E-state index in [1.807, 2.05) is 0 Å². The minimum atomic E-state index is -0.392. The van der Waals surface area contributed by atoms with Crippen molar-refractivity contribution in [3.05, 3.63) is 30.1 Å². The molecule has 0 atom stereocenters. The third-order valence-electron chi connectivity index (χ3n) is 1.10. The topological polar surface area (TPSA) is 39.6 Å². The molecule has 0 bridgehead atoms. The van der Waals surface area contributed by atoms with Crippen molar-refractivity contribution in [3.63, 3.8) is 0 Å². The summed E-state index contributed by atoms with van der Waals surface area (Å²) in [5, 5.41) is 6.58.